The van der Waals surface area contributed by atoms with Gasteiger partial charge in [0.15, 0.2) is 0 Å². The molecule has 0 unspecified atom stereocenters. The molecule has 0 fully saturated rings. The Balaban J connectivity index is 2.35. The highest BCUT2D eigenvalue weighted by atomic mass is 32.2. The van der Waals surface area contributed by atoms with Crippen molar-refractivity contribution >= 4 is 15.7 Å². The quantitative estimate of drug-likeness (QED) is 0.713. The lowest BCUT2D eigenvalue weighted by molar-refractivity contribution is 0.595. The van der Waals surface area contributed by atoms with Gasteiger partial charge in [-0.15, -0.1) is 0 Å². The number of hydrogen-bond donors (Lipinski definition) is 3. The van der Waals surface area contributed by atoms with Crippen molar-refractivity contribution in [3.63, 3.8) is 0 Å². The summed E-state index contributed by atoms with van der Waals surface area (Å²) in [5, 5.41) is 9.40. The molecule has 0 aliphatic heterocycles. The van der Waals surface area contributed by atoms with E-state index in [0.29, 0.717) is 23.5 Å². The molecular weight excluding hydrogens is 268 g/mol. The Bertz CT molecular complexity index is 652. The average molecular weight is 282 g/mol. The molecule has 0 radical (unpaired) electrons. The van der Waals surface area contributed by atoms with Crippen molar-refractivity contribution in [3.05, 3.63) is 30.0 Å². The highest BCUT2D eigenvalue weighted by Crippen LogP contribution is 2.18. The van der Waals surface area contributed by atoms with E-state index in [1.807, 2.05) is 0 Å². The first-order chi connectivity index (χ1) is 9.04. The number of sulfonamides is 1. The fourth-order valence-electron chi connectivity index (χ4n) is 1.59. The SMILES string of the molecule is CNCc1c(S(=O)(=O)Nc2cncnc2)n[nH]c1C. The van der Waals surface area contributed by atoms with Crippen LogP contribution in [0.2, 0.25) is 0 Å². The first-order valence-corrected chi connectivity index (χ1v) is 6.99. The van der Waals surface area contributed by atoms with Crippen LogP contribution in [-0.2, 0) is 16.6 Å². The minimum absolute atomic E-state index is 0.0248. The molecule has 0 aromatic carbocycles. The van der Waals surface area contributed by atoms with E-state index in [-0.39, 0.29) is 5.03 Å². The number of anilines is 1. The summed E-state index contributed by atoms with van der Waals surface area (Å²) in [7, 11) is -2.02. The van der Waals surface area contributed by atoms with Gasteiger partial charge in [-0.2, -0.15) is 13.5 Å². The summed E-state index contributed by atoms with van der Waals surface area (Å²) >= 11 is 0. The van der Waals surface area contributed by atoms with Gasteiger partial charge in [-0.05, 0) is 14.0 Å². The van der Waals surface area contributed by atoms with Crippen LogP contribution in [0.3, 0.4) is 0 Å². The zero-order chi connectivity index (χ0) is 13.9. The van der Waals surface area contributed by atoms with Crippen molar-refractivity contribution in [2.45, 2.75) is 18.5 Å². The normalized spacial score (nSPS) is 11.5. The zero-order valence-corrected chi connectivity index (χ0v) is 11.3. The van der Waals surface area contributed by atoms with Gasteiger partial charge in [0.05, 0.1) is 18.1 Å². The Morgan fingerprint density at radius 1 is 1.32 bits per heavy atom. The number of aryl methyl sites for hydroxylation is 1. The van der Waals surface area contributed by atoms with Gasteiger partial charge in [0, 0.05) is 17.8 Å². The minimum Gasteiger partial charge on any atom is -0.316 e. The van der Waals surface area contributed by atoms with Crippen LogP contribution in [0.4, 0.5) is 5.69 Å². The van der Waals surface area contributed by atoms with Crippen LogP contribution < -0.4 is 10.0 Å². The van der Waals surface area contributed by atoms with Gasteiger partial charge in [0.25, 0.3) is 10.0 Å². The largest absolute Gasteiger partial charge is 0.316 e. The summed E-state index contributed by atoms with van der Waals surface area (Å²) in [6, 6.07) is 0. The zero-order valence-electron chi connectivity index (χ0n) is 10.5. The molecule has 2 aromatic heterocycles. The van der Waals surface area contributed by atoms with Crippen LogP contribution in [0.5, 0.6) is 0 Å². The lowest BCUT2D eigenvalue weighted by Crippen LogP contribution is -2.17. The van der Waals surface area contributed by atoms with Crippen molar-refractivity contribution in [1.82, 2.24) is 25.5 Å². The summed E-state index contributed by atoms with van der Waals surface area (Å²) in [4.78, 5) is 7.50. The summed E-state index contributed by atoms with van der Waals surface area (Å²) < 4.78 is 26.9. The molecule has 0 bridgehead atoms. The topological polar surface area (TPSA) is 113 Å². The fourth-order valence-corrected chi connectivity index (χ4v) is 2.82. The molecule has 0 saturated heterocycles. The van der Waals surface area contributed by atoms with Crippen LogP contribution >= 0.6 is 0 Å². The molecule has 0 spiro atoms. The maximum atomic E-state index is 12.2. The average Bonchev–Trinajstić information content (AvgIpc) is 2.73. The van der Waals surface area contributed by atoms with Gasteiger partial charge in [-0.3, -0.25) is 9.82 Å². The maximum absolute atomic E-state index is 12.2. The molecule has 8 nitrogen and oxygen atoms in total. The van der Waals surface area contributed by atoms with Gasteiger partial charge in [0.2, 0.25) is 5.03 Å². The van der Waals surface area contributed by atoms with Crippen molar-refractivity contribution < 1.29 is 8.42 Å². The molecule has 2 aromatic rings. The summed E-state index contributed by atoms with van der Waals surface area (Å²) in [5.41, 5.74) is 1.60. The standard InChI is InChI=1S/C10H14N6O2S/c1-7-9(5-11-2)10(15-14-7)19(17,18)16-8-3-12-6-13-4-8/h3-4,6,11,16H,5H2,1-2H3,(H,14,15). The predicted molar refractivity (Wildman–Crippen MR) is 68.9 cm³/mol. The molecule has 0 saturated carbocycles. The van der Waals surface area contributed by atoms with Crippen LogP contribution in [-0.4, -0.2) is 35.6 Å². The summed E-state index contributed by atoms with van der Waals surface area (Å²) in [6.07, 6.45) is 4.08. The molecule has 0 aliphatic rings. The van der Waals surface area contributed by atoms with E-state index in [2.05, 4.69) is 30.2 Å². The van der Waals surface area contributed by atoms with Crippen molar-refractivity contribution in [1.29, 1.82) is 0 Å². The van der Waals surface area contributed by atoms with Gasteiger partial charge in [-0.25, -0.2) is 9.97 Å². The summed E-state index contributed by atoms with van der Waals surface area (Å²) in [6.45, 7) is 2.17. The molecule has 3 N–H and O–H groups in total. The number of H-pyrrole nitrogens is 1. The molecule has 102 valence electrons. The lowest BCUT2D eigenvalue weighted by Gasteiger charge is -2.07. The third-order valence-electron chi connectivity index (χ3n) is 2.46. The first-order valence-electron chi connectivity index (χ1n) is 5.51. The number of nitrogens with one attached hydrogen (secondary N) is 3. The monoisotopic (exact) mass is 282 g/mol. The van der Waals surface area contributed by atoms with Crippen molar-refractivity contribution in [2.24, 2.45) is 0 Å². The van der Waals surface area contributed by atoms with Crippen LogP contribution in [0.15, 0.2) is 23.7 Å². The number of aromatic amines is 1. The molecule has 0 aliphatic carbocycles. The molecule has 19 heavy (non-hydrogen) atoms. The maximum Gasteiger partial charge on any atom is 0.281 e. The van der Waals surface area contributed by atoms with Crippen molar-refractivity contribution in [2.75, 3.05) is 11.8 Å². The summed E-state index contributed by atoms with van der Waals surface area (Å²) in [5.74, 6) is 0. The van der Waals surface area contributed by atoms with Crippen LogP contribution in [0, 0.1) is 6.92 Å². The van der Waals surface area contributed by atoms with E-state index >= 15 is 0 Å². The Labute approximate surface area is 110 Å². The van der Waals surface area contributed by atoms with E-state index < -0.39 is 10.0 Å². The molecule has 2 heterocycles. The van der Waals surface area contributed by atoms with Crippen LogP contribution in [0.1, 0.15) is 11.3 Å². The lowest BCUT2D eigenvalue weighted by atomic mass is 10.3. The van der Waals surface area contributed by atoms with Gasteiger partial charge < -0.3 is 5.32 Å². The fraction of sp³-hybridized carbons (Fsp3) is 0.300. The van der Waals surface area contributed by atoms with Crippen molar-refractivity contribution in [3.8, 4) is 0 Å². The van der Waals surface area contributed by atoms with Gasteiger partial charge >= 0.3 is 0 Å². The molecule has 0 atom stereocenters. The smallest absolute Gasteiger partial charge is 0.281 e. The second-order valence-electron chi connectivity index (χ2n) is 3.90. The Kier molecular flexibility index (Phi) is 3.76. The van der Waals surface area contributed by atoms with E-state index in [1.54, 1.807) is 14.0 Å². The van der Waals surface area contributed by atoms with Gasteiger partial charge in [-0.1, -0.05) is 0 Å². The van der Waals surface area contributed by atoms with Crippen LogP contribution in [0.25, 0.3) is 0 Å². The Morgan fingerprint density at radius 3 is 2.63 bits per heavy atom. The highest BCUT2D eigenvalue weighted by Gasteiger charge is 2.23. The van der Waals surface area contributed by atoms with Gasteiger partial charge in [0.1, 0.15) is 6.33 Å². The minimum atomic E-state index is -3.76. The third-order valence-corrected chi connectivity index (χ3v) is 3.81. The number of nitrogens with zero attached hydrogens (tertiary/aromatic N) is 3. The first kappa shape index (κ1) is 13.4. The molecule has 0 amide bonds. The third kappa shape index (κ3) is 2.88. The van der Waals surface area contributed by atoms with E-state index in [9.17, 15) is 8.42 Å². The van der Waals surface area contributed by atoms with E-state index in [0.717, 1.165) is 0 Å². The second kappa shape index (κ2) is 5.33. The second-order valence-corrected chi connectivity index (χ2v) is 5.49. The molecular formula is C10H14N6O2S. The molecule has 2 rings (SSSR count). The Morgan fingerprint density at radius 2 is 2.00 bits per heavy atom. The number of rotatable bonds is 5. The highest BCUT2D eigenvalue weighted by molar-refractivity contribution is 7.92. The molecule has 9 heteroatoms. The number of aromatic nitrogens is 4. The number of hydrogen-bond acceptors (Lipinski definition) is 6. The van der Waals surface area contributed by atoms with E-state index in [1.165, 1.54) is 18.7 Å². The predicted octanol–water partition coefficient (Wildman–Crippen LogP) is 0.0283. The van der Waals surface area contributed by atoms with E-state index in [4.69, 9.17) is 0 Å². The Hall–Kier alpha value is -2.00.